The van der Waals surface area contributed by atoms with Crippen LogP contribution in [0.3, 0.4) is 0 Å². The normalized spacial score (nSPS) is 11.6. The number of methoxy groups -OCH3 is 1. The van der Waals surface area contributed by atoms with Crippen LogP contribution in [-0.2, 0) is 4.74 Å². The Balaban J connectivity index is 1.61. The Hall–Kier alpha value is -4.41. The van der Waals surface area contributed by atoms with Crippen LogP contribution in [0.1, 0.15) is 10.4 Å². The van der Waals surface area contributed by atoms with Gasteiger partial charge >= 0.3 is 17.5 Å². The molecule has 0 radical (unpaired) electrons. The van der Waals surface area contributed by atoms with Crippen LogP contribution >= 0.6 is 0 Å². The molecule has 2 aromatic carbocycles. The minimum absolute atomic E-state index is 0.0601. The summed E-state index contributed by atoms with van der Waals surface area (Å²) in [4.78, 5) is 30.4. The first-order valence-corrected chi connectivity index (χ1v) is 8.57. The lowest BCUT2D eigenvalue weighted by Crippen LogP contribution is -2.04. The first-order valence-electron chi connectivity index (χ1n) is 8.57. The van der Waals surface area contributed by atoms with E-state index in [1.54, 1.807) is 18.2 Å². The molecule has 0 unspecified atom stereocenters. The smallest absolute Gasteiger partial charge is 0.373 e. The Morgan fingerprint density at radius 1 is 1.13 bits per heavy atom. The van der Waals surface area contributed by atoms with Gasteiger partial charge in [-0.25, -0.2) is 9.78 Å². The molecule has 11 nitrogen and oxygen atoms in total. The minimum Gasteiger partial charge on any atom is -0.465 e. The van der Waals surface area contributed by atoms with Crippen LogP contribution in [0.5, 0.6) is 23.1 Å². The van der Waals surface area contributed by atoms with Gasteiger partial charge in [-0.2, -0.15) is 4.98 Å². The van der Waals surface area contributed by atoms with Gasteiger partial charge < -0.3 is 24.3 Å². The number of rotatable bonds is 6. The number of benzene rings is 2. The zero-order valence-electron chi connectivity index (χ0n) is 15.5. The van der Waals surface area contributed by atoms with Gasteiger partial charge in [0.2, 0.25) is 12.6 Å². The zero-order valence-corrected chi connectivity index (χ0v) is 15.5. The molecule has 0 saturated heterocycles. The molecule has 0 amide bonds. The summed E-state index contributed by atoms with van der Waals surface area (Å²) in [7, 11) is 1.27. The fraction of sp³-hybridized carbons (Fsp3) is 0.105. The van der Waals surface area contributed by atoms with Crippen LogP contribution in [-0.4, -0.2) is 34.8 Å². The summed E-state index contributed by atoms with van der Waals surface area (Å²) in [5.41, 5.74) is 0.369. The lowest BCUT2D eigenvalue weighted by Gasteiger charge is -2.10. The van der Waals surface area contributed by atoms with Crippen molar-refractivity contribution >= 4 is 23.2 Å². The number of aromatic nitrogens is 2. The van der Waals surface area contributed by atoms with Gasteiger partial charge in [-0.15, -0.1) is 0 Å². The Morgan fingerprint density at radius 2 is 1.90 bits per heavy atom. The van der Waals surface area contributed by atoms with E-state index in [0.717, 1.165) is 6.33 Å². The highest BCUT2D eigenvalue weighted by Gasteiger charge is 2.26. The molecular formula is C19H14N4O7. The maximum Gasteiger partial charge on any atom is 0.373 e. The highest BCUT2D eigenvalue weighted by molar-refractivity contribution is 5.89. The number of carbonyl (C=O) groups is 1. The average molecular weight is 410 g/mol. The monoisotopic (exact) mass is 410 g/mol. The van der Waals surface area contributed by atoms with E-state index < -0.39 is 16.6 Å². The average Bonchev–Trinajstić information content (AvgIpc) is 3.21. The molecule has 2 heterocycles. The molecule has 152 valence electrons. The van der Waals surface area contributed by atoms with Gasteiger partial charge in [-0.3, -0.25) is 10.1 Å². The summed E-state index contributed by atoms with van der Waals surface area (Å²) in [6.45, 7) is 0.110. The van der Waals surface area contributed by atoms with Crippen molar-refractivity contribution in [2.24, 2.45) is 0 Å². The van der Waals surface area contributed by atoms with Gasteiger partial charge in [0, 0.05) is 11.8 Å². The minimum atomic E-state index is -0.645. The summed E-state index contributed by atoms with van der Waals surface area (Å²) >= 11 is 0. The third-order valence-electron chi connectivity index (χ3n) is 4.10. The number of anilines is 2. The SMILES string of the molecule is COC(=O)c1ccc(Oc2ncnc(Nc3ccc4c(c3)OCO4)c2[N+](=O)[O-])cc1. The van der Waals surface area contributed by atoms with Crippen LogP contribution in [0.15, 0.2) is 48.8 Å². The second-order valence-electron chi connectivity index (χ2n) is 5.94. The number of ether oxygens (including phenoxy) is 4. The van der Waals surface area contributed by atoms with Gasteiger partial charge in [0.05, 0.1) is 17.6 Å². The predicted molar refractivity (Wildman–Crippen MR) is 102 cm³/mol. The van der Waals surface area contributed by atoms with Gasteiger partial charge in [0.15, 0.2) is 11.5 Å². The van der Waals surface area contributed by atoms with Gasteiger partial charge in [-0.05, 0) is 36.4 Å². The van der Waals surface area contributed by atoms with E-state index >= 15 is 0 Å². The molecule has 11 heteroatoms. The van der Waals surface area contributed by atoms with Crippen molar-refractivity contribution in [3.63, 3.8) is 0 Å². The van der Waals surface area contributed by atoms with Gasteiger partial charge in [-0.1, -0.05) is 0 Å². The van der Waals surface area contributed by atoms with Crippen molar-refractivity contribution in [1.82, 2.24) is 9.97 Å². The first kappa shape index (κ1) is 18.9. The molecule has 1 aromatic heterocycles. The highest BCUT2D eigenvalue weighted by Crippen LogP contribution is 2.38. The van der Waals surface area contributed by atoms with Crippen LogP contribution in [0.4, 0.5) is 17.2 Å². The molecule has 4 rings (SSSR count). The summed E-state index contributed by atoms with van der Waals surface area (Å²) in [6.07, 6.45) is 1.14. The van der Waals surface area contributed by atoms with E-state index in [4.69, 9.17) is 14.2 Å². The lowest BCUT2D eigenvalue weighted by atomic mass is 10.2. The fourth-order valence-electron chi connectivity index (χ4n) is 2.69. The number of nitrogens with zero attached hydrogens (tertiary/aromatic N) is 3. The van der Waals surface area contributed by atoms with Crippen molar-refractivity contribution in [3.05, 3.63) is 64.5 Å². The molecular weight excluding hydrogens is 396 g/mol. The molecule has 0 bridgehead atoms. The topological polar surface area (TPSA) is 135 Å². The van der Waals surface area contributed by atoms with E-state index in [9.17, 15) is 14.9 Å². The predicted octanol–water partition coefficient (Wildman–Crippen LogP) is 3.44. The Labute approximate surface area is 169 Å². The Morgan fingerprint density at radius 3 is 2.63 bits per heavy atom. The van der Waals surface area contributed by atoms with Gasteiger partial charge in [0.1, 0.15) is 12.1 Å². The largest absolute Gasteiger partial charge is 0.465 e. The molecule has 0 saturated carbocycles. The summed E-state index contributed by atoms with van der Waals surface area (Å²) < 4.78 is 20.7. The second kappa shape index (κ2) is 7.91. The van der Waals surface area contributed by atoms with Crippen LogP contribution in [0.25, 0.3) is 0 Å². The van der Waals surface area contributed by atoms with E-state index in [1.807, 2.05) is 0 Å². The van der Waals surface area contributed by atoms with E-state index in [1.165, 1.54) is 31.4 Å². The maximum atomic E-state index is 11.7. The van der Waals surface area contributed by atoms with Gasteiger partial charge in [0.25, 0.3) is 0 Å². The molecule has 0 aliphatic carbocycles. The summed E-state index contributed by atoms with van der Waals surface area (Å²) in [5.74, 6) is 0.512. The molecule has 3 aromatic rings. The summed E-state index contributed by atoms with van der Waals surface area (Å²) in [5, 5.41) is 14.6. The maximum absolute atomic E-state index is 11.7. The van der Waals surface area contributed by atoms with Crippen molar-refractivity contribution < 1.29 is 28.7 Å². The number of hydrogen-bond donors (Lipinski definition) is 1. The number of esters is 1. The second-order valence-corrected chi connectivity index (χ2v) is 5.94. The van der Waals surface area contributed by atoms with Crippen molar-refractivity contribution in [2.45, 2.75) is 0 Å². The zero-order chi connectivity index (χ0) is 21.1. The molecule has 0 fully saturated rings. The van der Waals surface area contributed by atoms with E-state index in [-0.39, 0.29) is 24.2 Å². The number of carbonyl (C=O) groups excluding carboxylic acids is 1. The molecule has 1 aliphatic heterocycles. The van der Waals surface area contributed by atoms with E-state index in [0.29, 0.717) is 22.7 Å². The van der Waals surface area contributed by atoms with Crippen LogP contribution in [0, 0.1) is 10.1 Å². The van der Waals surface area contributed by atoms with Crippen LogP contribution in [0.2, 0.25) is 0 Å². The molecule has 0 atom stereocenters. The fourth-order valence-corrected chi connectivity index (χ4v) is 2.69. The standard InChI is InChI=1S/C19H14N4O7/c1-27-19(24)11-2-5-13(6-3-11)30-18-16(23(25)26)17(20-9-21-18)22-12-4-7-14-15(8-12)29-10-28-14/h2-9H,10H2,1H3,(H,20,21,22). The first-order chi connectivity index (χ1) is 14.5. The van der Waals surface area contributed by atoms with Crippen LogP contribution < -0.4 is 19.5 Å². The number of hydrogen-bond acceptors (Lipinski definition) is 10. The lowest BCUT2D eigenvalue weighted by molar-refractivity contribution is -0.385. The molecule has 30 heavy (non-hydrogen) atoms. The van der Waals surface area contributed by atoms with Crippen molar-refractivity contribution in [2.75, 3.05) is 19.2 Å². The Bertz CT molecular complexity index is 1120. The third kappa shape index (κ3) is 3.76. The number of nitrogens with one attached hydrogen (secondary N) is 1. The van der Waals surface area contributed by atoms with Crippen molar-refractivity contribution in [3.8, 4) is 23.1 Å². The highest BCUT2D eigenvalue weighted by atomic mass is 16.7. The number of fused-ring (bicyclic) bond motifs is 1. The van der Waals surface area contributed by atoms with E-state index in [2.05, 4.69) is 20.0 Å². The molecule has 1 N–H and O–H groups in total. The van der Waals surface area contributed by atoms with Crippen molar-refractivity contribution in [1.29, 1.82) is 0 Å². The number of nitro groups is 1. The molecule has 0 spiro atoms. The molecule has 1 aliphatic rings. The Kier molecular flexibility index (Phi) is 4.99. The quantitative estimate of drug-likeness (QED) is 0.366. The third-order valence-corrected chi connectivity index (χ3v) is 4.10. The summed E-state index contributed by atoms with van der Waals surface area (Å²) in [6, 6.07) is 10.9.